The summed E-state index contributed by atoms with van der Waals surface area (Å²) in [5.41, 5.74) is 0. The van der Waals surface area contributed by atoms with Crippen molar-refractivity contribution in [3.05, 3.63) is 23.5 Å². The highest BCUT2D eigenvalue weighted by Gasteiger charge is 2.21. The molecule has 2 aromatic rings. The molecule has 1 aliphatic heterocycles. The molecular weight excluding hydrogens is 336 g/mol. The van der Waals surface area contributed by atoms with Crippen LogP contribution in [0.2, 0.25) is 0 Å². The van der Waals surface area contributed by atoms with Crippen LogP contribution >= 0.6 is 0 Å². The predicted octanol–water partition coefficient (Wildman–Crippen LogP) is 1.32. The Morgan fingerprint density at radius 3 is 2.58 bits per heavy atom. The Labute approximate surface area is 152 Å². The molecule has 0 saturated carbocycles. The zero-order valence-electron chi connectivity index (χ0n) is 15.6. The molecule has 9 heteroatoms. The lowest BCUT2D eigenvalue weighted by Crippen LogP contribution is -2.48. The van der Waals surface area contributed by atoms with E-state index in [4.69, 9.17) is 9.05 Å². The quantitative estimate of drug-likeness (QED) is 0.787. The molecule has 1 saturated heterocycles. The standard InChI is InChI=1S/C17H26N6O3/c1-12(2)8-14-19-17(26-21-14)11-23-6-4-22(5-7-23)10-16(24)18-15-9-13(3)25-20-15/h9,12H,4-8,10-11H2,1-3H3,(H,18,20,24). The normalized spacial score (nSPS) is 16.3. The minimum absolute atomic E-state index is 0.0815. The van der Waals surface area contributed by atoms with E-state index in [-0.39, 0.29) is 5.91 Å². The number of carbonyl (C=O) groups excluding carboxylic acids is 1. The van der Waals surface area contributed by atoms with Crippen LogP contribution in [0.25, 0.3) is 0 Å². The minimum atomic E-state index is -0.0815. The third kappa shape index (κ3) is 5.37. The molecule has 142 valence electrons. The molecule has 2 aromatic heterocycles. The summed E-state index contributed by atoms with van der Waals surface area (Å²) in [6, 6.07) is 1.70. The van der Waals surface area contributed by atoms with Gasteiger partial charge in [0.1, 0.15) is 5.76 Å². The summed E-state index contributed by atoms with van der Waals surface area (Å²) in [6.07, 6.45) is 0.831. The molecule has 0 radical (unpaired) electrons. The number of hydrogen-bond donors (Lipinski definition) is 1. The maximum atomic E-state index is 12.1. The summed E-state index contributed by atoms with van der Waals surface area (Å²) < 4.78 is 10.3. The molecular formula is C17H26N6O3. The van der Waals surface area contributed by atoms with Crippen molar-refractivity contribution in [2.45, 2.75) is 33.7 Å². The fourth-order valence-corrected chi connectivity index (χ4v) is 2.91. The number of nitrogens with zero attached hydrogens (tertiary/aromatic N) is 5. The predicted molar refractivity (Wildman–Crippen MR) is 94.4 cm³/mol. The Bertz CT molecular complexity index is 718. The van der Waals surface area contributed by atoms with Crippen LogP contribution in [-0.2, 0) is 17.8 Å². The molecule has 1 aliphatic rings. The Balaban J connectivity index is 1.39. The SMILES string of the molecule is Cc1cc(NC(=O)CN2CCN(Cc3nc(CC(C)C)no3)CC2)no1. The van der Waals surface area contributed by atoms with Crippen molar-refractivity contribution >= 4 is 11.7 Å². The zero-order chi connectivity index (χ0) is 18.5. The Kier molecular flexibility index (Phi) is 6.00. The second-order valence-electron chi connectivity index (χ2n) is 7.13. The Morgan fingerprint density at radius 1 is 1.19 bits per heavy atom. The molecule has 1 amide bonds. The van der Waals surface area contributed by atoms with Crippen LogP contribution in [0.1, 0.15) is 31.3 Å². The second kappa shape index (κ2) is 8.41. The van der Waals surface area contributed by atoms with Crippen LogP contribution in [0.5, 0.6) is 0 Å². The number of amides is 1. The summed E-state index contributed by atoms with van der Waals surface area (Å²) in [7, 11) is 0. The maximum absolute atomic E-state index is 12.1. The largest absolute Gasteiger partial charge is 0.360 e. The summed E-state index contributed by atoms with van der Waals surface area (Å²) >= 11 is 0. The number of nitrogens with one attached hydrogen (secondary N) is 1. The fourth-order valence-electron chi connectivity index (χ4n) is 2.91. The number of aryl methyl sites for hydroxylation is 1. The lowest BCUT2D eigenvalue weighted by Gasteiger charge is -2.33. The van der Waals surface area contributed by atoms with Crippen molar-refractivity contribution in [1.82, 2.24) is 25.1 Å². The van der Waals surface area contributed by atoms with Gasteiger partial charge in [0.25, 0.3) is 0 Å². The Morgan fingerprint density at radius 2 is 1.92 bits per heavy atom. The van der Waals surface area contributed by atoms with Gasteiger partial charge in [-0.2, -0.15) is 4.98 Å². The molecule has 0 aliphatic carbocycles. The highest BCUT2D eigenvalue weighted by Crippen LogP contribution is 2.10. The first-order valence-electron chi connectivity index (χ1n) is 8.97. The molecule has 1 N–H and O–H groups in total. The number of aromatic nitrogens is 3. The third-order valence-corrected chi connectivity index (χ3v) is 4.19. The van der Waals surface area contributed by atoms with Gasteiger partial charge in [-0.3, -0.25) is 14.6 Å². The van der Waals surface area contributed by atoms with Crippen molar-refractivity contribution in [2.75, 3.05) is 38.0 Å². The van der Waals surface area contributed by atoms with Crippen LogP contribution in [0, 0.1) is 12.8 Å². The van der Waals surface area contributed by atoms with E-state index in [1.54, 1.807) is 13.0 Å². The van der Waals surface area contributed by atoms with Crippen LogP contribution < -0.4 is 5.32 Å². The summed E-state index contributed by atoms with van der Waals surface area (Å²) in [5.74, 6) is 2.99. The average molecular weight is 362 g/mol. The van der Waals surface area contributed by atoms with E-state index in [1.807, 2.05) is 0 Å². The topological polar surface area (TPSA) is 101 Å². The maximum Gasteiger partial charge on any atom is 0.240 e. The van der Waals surface area contributed by atoms with E-state index in [1.165, 1.54) is 0 Å². The first-order valence-corrected chi connectivity index (χ1v) is 8.97. The molecule has 0 aromatic carbocycles. The zero-order valence-corrected chi connectivity index (χ0v) is 15.6. The highest BCUT2D eigenvalue weighted by atomic mass is 16.5. The van der Waals surface area contributed by atoms with Crippen molar-refractivity contribution in [1.29, 1.82) is 0 Å². The van der Waals surface area contributed by atoms with Gasteiger partial charge in [-0.1, -0.05) is 24.2 Å². The lowest BCUT2D eigenvalue weighted by atomic mass is 10.1. The summed E-state index contributed by atoms with van der Waals surface area (Å²) in [5, 5.41) is 10.5. The monoisotopic (exact) mass is 362 g/mol. The van der Waals surface area contributed by atoms with Crippen LogP contribution in [0.3, 0.4) is 0 Å². The highest BCUT2D eigenvalue weighted by molar-refractivity contribution is 5.91. The third-order valence-electron chi connectivity index (χ3n) is 4.19. The van der Waals surface area contributed by atoms with Gasteiger partial charge in [0, 0.05) is 38.7 Å². The van der Waals surface area contributed by atoms with Crippen LogP contribution in [-0.4, -0.2) is 63.7 Å². The Hall–Kier alpha value is -2.26. The lowest BCUT2D eigenvalue weighted by molar-refractivity contribution is -0.117. The van der Waals surface area contributed by atoms with Crippen LogP contribution in [0.15, 0.2) is 15.1 Å². The van der Waals surface area contributed by atoms with E-state index in [0.29, 0.717) is 36.5 Å². The second-order valence-corrected chi connectivity index (χ2v) is 7.13. The molecule has 26 heavy (non-hydrogen) atoms. The van der Waals surface area contributed by atoms with Gasteiger partial charge in [0.05, 0.1) is 13.1 Å². The molecule has 0 atom stereocenters. The van der Waals surface area contributed by atoms with Gasteiger partial charge < -0.3 is 14.4 Å². The summed E-state index contributed by atoms with van der Waals surface area (Å²) in [4.78, 5) is 20.9. The number of hydrogen-bond acceptors (Lipinski definition) is 8. The van der Waals surface area contributed by atoms with E-state index < -0.39 is 0 Å². The fraction of sp³-hybridized carbons (Fsp3) is 0.647. The number of anilines is 1. The number of piperazine rings is 1. The van der Waals surface area contributed by atoms with E-state index in [9.17, 15) is 4.79 Å². The van der Waals surface area contributed by atoms with Gasteiger partial charge in [0.2, 0.25) is 11.8 Å². The van der Waals surface area contributed by atoms with E-state index in [0.717, 1.165) is 38.4 Å². The first-order chi connectivity index (χ1) is 12.5. The van der Waals surface area contributed by atoms with Gasteiger partial charge >= 0.3 is 0 Å². The molecule has 0 spiro atoms. The van der Waals surface area contributed by atoms with Crippen molar-refractivity contribution < 1.29 is 13.8 Å². The van der Waals surface area contributed by atoms with Gasteiger partial charge in [0.15, 0.2) is 11.6 Å². The van der Waals surface area contributed by atoms with Gasteiger partial charge in [-0.15, -0.1) is 0 Å². The van der Waals surface area contributed by atoms with E-state index >= 15 is 0 Å². The summed E-state index contributed by atoms with van der Waals surface area (Å²) in [6.45, 7) is 10.4. The molecule has 3 heterocycles. The molecule has 0 unspecified atom stereocenters. The van der Waals surface area contributed by atoms with Crippen molar-refractivity contribution in [3.63, 3.8) is 0 Å². The molecule has 1 fully saturated rings. The van der Waals surface area contributed by atoms with Gasteiger partial charge in [-0.25, -0.2) is 0 Å². The number of rotatable bonds is 7. The average Bonchev–Trinajstić information content (AvgIpc) is 3.17. The minimum Gasteiger partial charge on any atom is -0.360 e. The molecule has 9 nitrogen and oxygen atoms in total. The smallest absolute Gasteiger partial charge is 0.240 e. The van der Waals surface area contributed by atoms with Crippen LogP contribution in [0.4, 0.5) is 5.82 Å². The van der Waals surface area contributed by atoms with Crippen molar-refractivity contribution in [2.24, 2.45) is 5.92 Å². The van der Waals surface area contributed by atoms with Crippen molar-refractivity contribution in [3.8, 4) is 0 Å². The van der Waals surface area contributed by atoms with Gasteiger partial charge in [-0.05, 0) is 12.8 Å². The molecule has 3 rings (SSSR count). The number of carbonyl (C=O) groups is 1. The first kappa shape index (κ1) is 18.5. The van der Waals surface area contributed by atoms with E-state index in [2.05, 4.69) is 44.3 Å². The molecule has 0 bridgehead atoms.